The van der Waals surface area contributed by atoms with Crippen LogP contribution in [0.5, 0.6) is 0 Å². The van der Waals surface area contributed by atoms with E-state index in [2.05, 4.69) is 10.6 Å². The highest BCUT2D eigenvalue weighted by Crippen LogP contribution is 2.13. The minimum atomic E-state index is -3.69. The fourth-order valence-electron chi connectivity index (χ4n) is 2.15. The lowest BCUT2D eigenvalue weighted by molar-refractivity contribution is 0.0785. The first-order chi connectivity index (χ1) is 11.8. The summed E-state index contributed by atoms with van der Waals surface area (Å²) in [7, 11) is -2.07. The molecule has 0 aliphatic rings. The van der Waals surface area contributed by atoms with Gasteiger partial charge >= 0.3 is 0 Å². The maximum atomic E-state index is 12.9. The fraction of sp³-hybridized carbons (Fsp3) is 0.167. The maximum absolute atomic E-state index is 12.9. The minimum Gasteiger partial charge on any atom is -0.337 e. The molecule has 0 heterocycles. The summed E-state index contributed by atoms with van der Waals surface area (Å²) in [6, 6.07) is 11.4. The summed E-state index contributed by atoms with van der Waals surface area (Å²) in [5, 5.41) is 0. The molecular weight excluding hydrogens is 343 g/mol. The van der Waals surface area contributed by atoms with Crippen LogP contribution in [-0.4, -0.2) is 32.8 Å². The van der Waals surface area contributed by atoms with Crippen LogP contribution in [0.3, 0.4) is 0 Å². The average Bonchev–Trinajstić information content (AvgIpc) is 2.61. The lowest BCUT2D eigenvalue weighted by Crippen LogP contribution is -2.26. The first-order valence-corrected chi connectivity index (χ1v) is 8.85. The van der Waals surface area contributed by atoms with Crippen molar-refractivity contribution in [1.82, 2.24) is 9.62 Å². The number of amides is 1. The Balaban J connectivity index is 2.09. The Morgan fingerprint density at radius 2 is 1.76 bits per heavy atom. The summed E-state index contributed by atoms with van der Waals surface area (Å²) in [6.07, 6.45) is 5.03. The first-order valence-electron chi connectivity index (χ1n) is 7.36. The molecule has 0 aromatic heterocycles. The number of halogens is 1. The van der Waals surface area contributed by atoms with Crippen molar-refractivity contribution in [3.05, 3.63) is 65.5 Å². The van der Waals surface area contributed by atoms with Gasteiger partial charge in [-0.25, -0.2) is 12.8 Å². The number of nitrogens with one attached hydrogen (secondary N) is 1. The molecule has 0 fully saturated rings. The number of sulfonamides is 1. The van der Waals surface area contributed by atoms with Gasteiger partial charge in [0.05, 0.1) is 11.4 Å². The number of hydrogen-bond donors (Lipinski definition) is 1. The normalized spacial score (nSPS) is 10.9. The van der Waals surface area contributed by atoms with Gasteiger partial charge in [0.15, 0.2) is 0 Å². The van der Waals surface area contributed by atoms with Crippen molar-refractivity contribution in [2.45, 2.75) is 11.4 Å². The van der Waals surface area contributed by atoms with Crippen LogP contribution in [0.15, 0.2) is 53.4 Å². The van der Waals surface area contributed by atoms with Crippen molar-refractivity contribution in [3.8, 4) is 12.3 Å². The molecule has 0 spiro atoms. The number of hydrogen-bond acceptors (Lipinski definition) is 3. The molecular formula is C18H17FN2O3S. The third-order valence-electron chi connectivity index (χ3n) is 3.46. The van der Waals surface area contributed by atoms with Crippen LogP contribution in [0.25, 0.3) is 0 Å². The van der Waals surface area contributed by atoms with Crippen molar-refractivity contribution < 1.29 is 17.6 Å². The topological polar surface area (TPSA) is 66.5 Å². The second kappa shape index (κ2) is 7.92. The molecule has 1 amide bonds. The van der Waals surface area contributed by atoms with Crippen LogP contribution in [0.4, 0.5) is 4.39 Å². The molecule has 2 rings (SSSR count). The molecule has 0 unspecified atom stereocenters. The van der Waals surface area contributed by atoms with Crippen molar-refractivity contribution in [3.63, 3.8) is 0 Å². The third-order valence-corrected chi connectivity index (χ3v) is 4.87. The van der Waals surface area contributed by atoms with E-state index >= 15 is 0 Å². The van der Waals surface area contributed by atoms with Crippen molar-refractivity contribution in [2.24, 2.45) is 0 Å². The van der Waals surface area contributed by atoms with Crippen LogP contribution in [0.1, 0.15) is 15.9 Å². The first kappa shape index (κ1) is 18.6. The number of carbonyl (C=O) groups excluding carboxylic acids is 1. The van der Waals surface area contributed by atoms with Gasteiger partial charge in [-0.2, -0.15) is 4.72 Å². The Morgan fingerprint density at radius 1 is 1.16 bits per heavy atom. The molecule has 130 valence electrons. The highest BCUT2D eigenvalue weighted by atomic mass is 32.2. The van der Waals surface area contributed by atoms with Gasteiger partial charge < -0.3 is 4.90 Å². The molecule has 0 saturated carbocycles. The molecule has 0 saturated heterocycles. The zero-order chi connectivity index (χ0) is 18.4. The zero-order valence-electron chi connectivity index (χ0n) is 13.6. The van der Waals surface area contributed by atoms with Gasteiger partial charge in [-0.3, -0.25) is 4.79 Å². The quantitative estimate of drug-likeness (QED) is 0.802. The number of benzene rings is 2. The predicted molar refractivity (Wildman–Crippen MR) is 92.7 cm³/mol. The maximum Gasteiger partial charge on any atom is 0.253 e. The van der Waals surface area contributed by atoms with Gasteiger partial charge in [-0.15, -0.1) is 6.42 Å². The van der Waals surface area contributed by atoms with Crippen LogP contribution in [0.2, 0.25) is 0 Å². The van der Waals surface area contributed by atoms with E-state index in [9.17, 15) is 17.6 Å². The Morgan fingerprint density at radius 3 is 2.32 bits per heavy atom. The summed E-state index contributed by atoms with van der Waals surface area (Å²) >= 11 is 0. The van der Waals surface area contributed by atoms with E-state index in [1.165, 1.54) is 41.3 Å². The van der Waals surface area contributed by atoms with Gasteiger partial charge in [-0.1, -0.05) is 18.1 Å². The Labute approximate surface area is 146 Å². The van der Waals surface area contributed by atoms with Crippen molar-refractivity contribution in [1.29, 1.82) is 0 Å². The summed E-state index contributed by atoms with van der Waals surface area (Å²) in [5.74, 6) is 1.58. The monoisotopic (exact) mass is 360 g/mol. The van der Waals surface area contributed by atoms with Crippen LogP contribution in [-0.2, 0) is 16.6 Å². The second-order valence-electron chi connectivity index (χ2n) is 5.34. The highest BCUT2D eigenvalue weighted by molar-refractivity contribution is 7.89. The highest BCUT2D eigenvalue weighted by Gasteiger charge is 2.16. The molecule has 1 N–H and O–H groups in total. The Kier molecular flexibility index (Phi) is 5.91. The number of nitrogens with zero attached hydrogens (tertiary/aromatic N) is 1. The lowest BCUT2D eigenvalue weighted by Gasteiger charge is -2.17. The van der Waals surface area contributed by atoms with E-state index in [1.54, 1.807) is 19.2 Å². The number of rotatable bonds is 6. The molecule has 0 atom stereocenters. The molecule has 0 aliphatic heterocycles. The van der Waals surface area contributed by atoms with E-state index in [4.69, 9.17) is 6.42 Å². The minimum absolute atomic E-state index is 0.0282. The van der Waals surface area contributed by atoms with Gasteiger partial charge in [0.1, 0.15) is 5.82 Å². The van der Waals surface area contributed by atoms with Gasteiger partial charge in [0.25, 0.3) is 5.91 Å². The zero-order valence-corrected chi connectivity index (χ0v) is 14.4. The van der Waals surface area contributed by atoms with E-state index in [-0.39, 0.29) is 23.2 Å². The summed E-state index contributed by atoms with van der Waals surface area (Å²) < 4.78 is 39.0. The molecule has 0 aliphatic carbocycles. The second-order valence-corrected chi connectivity index (χ2v) is 7.11. The Bertz CT molecular complexity index is 885. The van der Waals surface area contributed by atoms with Crippen molar-refractivity contribution in [2.75, 3.05) is 13.6 Å². The largest absolute Gasteiger partial charge is 0.337 e. The van der Waals surface area contributed by atoms with Crippen molar-refractivity contribution >= 4 is 15.9 Å². The molecule has 0 bridgehead atoms. The molecule has 7 heteroatoms. The molecule has 0 radical (unpaired) electrons. The van der Waals surface area contributed by atoms with E-state index in [0.717, 1.165) is 5.56 Å². The average molecular weight is 360 g/mol. The predicted octanol–water partition coefficient (Wildman–Crippen LogP) is 2.01. The van der Waals surface area contributed by atoms with Crippen LogP contribution < -0.4 is 4.72 Å². The van der Waals surface area contributed by atoms with E-state index in [0.29, 0.717) is 12.1 Å². The number of terminal acetylenes is 1. The SMILES string of the molecule is C#CCNS(=O)(=O)c1ccc(C(=O)N(C)Cc2ccc(F)cc2)cc1. The van der Waals surface area contributed by atoms with E-state index in [1.807, 2.05) is 0 Å². The fourth-order valence-corrected chi connectivity index (χ4v) is 3.09. The lowest BCUT2D eigenvalue weighted by atomic mass is 10.1. The van der Waals surface area contributed by atoms with Gasteiger partial charge in [0.2, 0.25) is 10.0 Å². The number of carbonyl (C=O) groups is 1. The summed E-state index contributed by atoms with van der Waals surface area (Å²) in [4.78, 5) is 13.9. The standard InChI is InChI=1S/C18H17FN2O3S/c1-3-12-20-25(23,24)17-10-6-15(7-11-17)18(22)21(2)13-14-4-8-16(19)9-5-14/h1,4-11,20H,12-13H2,2H3. The van der Waals surface area contributed by atoms with Crippen LogP contribution in [0, 0.1) is 18.2 Å². The van der Waals surface area contributed by atoms with Gasteiger partial charge in [0, 0.05) is 19.2 Å². The summed E-state index contributed by atoms with van der Waals surface area (Å²) in [6.45, 7) is 0.201. The van der Waals surface area contributed by atoms with E-state index < -0.39 is 10.0 Å². The molecule has 5 nitrogen and oxygen atoms in total. The van der Waals surface area contributed by atoms with Gasteiger partial charge in [-0.05, 0) is 42.0 Å². The molecule has 2 aromatic rings. The summed E-state index contributed by atoms with van der Waals surface area (Å²) in [5.41, 5.74) is 1.13. The third kappa shape index (κ3) is 4.89. The molecule has 25 heavy (non-hydrogen) atoms. The molecule has 2 aromatic carbocycles. The Hall–Kier alpha value is -2.69. The van der Waals surface area contributed by atoms with Crippen LogP contribution >= 0.6 is 0 Å². The smallest absolute Gasteiger partial charge is 0.253 e.